The number of rotatable bonds is 15. The van der Waals surface area contributed by atoms with Crippen molar-refractivity contribution in [2.75, 3.05) is 41.5 Å². The summed E-state index contributed by atoms with van der Waals surface area (Å²) in [5.41, 5.74) is -4.15. The molecule has 8 nitrogen and oxygen atoms in total. The minimum Gasteiger partial charge on any atom is -0.489 e. The number of alkyl halides is 9. The molecule has 1 aliphatic rings. The molecule has 54 heavy (non-hydrogen) atoms. The molecule has 1 aromatic heterocycles. The molecular weight excluding hydrogens is 755 g/mol. The van der Waals surface area contributed by atoms with Crippen LogP contribution in [0.4, 0.5) is 51.1 Å². The van der Waals surface area contributed by atoms with E-state index in [-0.39, 0.29) is 53.9 Å². The Kier molecular flexibility index (Phi) is 13.9. The van der Waals surface area contributed by atoms with Crippen molar-refractivity contribution in [1.29, 1.82) is 0 Å². The molecule has 0 spiro atoms. The van der Waals surface area contributed by atoms with Crippen molar-refractivity contribution in [1.82, 2.24) is 9.97 Å². The Hall–Kier alpha value is -4.09. The fraction of sp³-hybridized carbons (Fsp3) is 0.528. The van der Waals surface area contributed by atoms with E-state index in [9.17, 15) is 53.6 Å². The Bertz CT molecular complexity index is 1710. The van der Waals surface area contributed by atoms with Crippen molar-refractivity contribution in [2.45, 2.75) is 77.1 Å². The molecule has 2 atom stereocenters. The monoisotopic (exact) mass is 796 g/mol. The second-order valence-corrected chi connectivity index (χ2v) is 14.9. The van der Waals surface area contributed by atoms with Crippen LogP contribution in [0.3, 0.4) is 0 Å². The molecule has 1 heterocycles. The maximum atomic E-state index is 14.1. The number of ether oxygens (including phenoxy) is 1. The quantitative estimate of drug-likeness (QED) is 0.152. The lowest BCUT2D eigenvalue weighted by atomic mass is 9.80. The van der Waals surface area contributed by atoms with E-state index in [1.165, 1.54) is 36.5 Å². The number of benzene rings is 2. The van der Waals surface area contributed by atoms with E-state index >= 15 is 0 Å². The van der Waals surface area contributed by atoms with Crippen LogP contribution in [0.2, 0.25) is 0 Å². The van der Waals surface area contributed by atoms with Crippen LogP contribution < -0.4 is 14.5 Å². The van der Waals surface area contributed by atoms with Gasteiger partial charge in [-0.15, -0.1) is 0 Å². The minimum atomic E-state index is -5.15. The zero-order chi connectivity index (χ0) is 40.0. The minimum absolute atomic E-state index is 0.00824. The average molecular weight is 797 g/mol. The third-order valence-corrected chi connectivity index (χ3v) is 10.2. The normalized spacial score (nSPS) is 17.9. The van der Waals surface area contributed by atoms with E-state index in [0.717, 1.165) is 12.1 Å². The van der Waals surface area contributed by atoms with Crippen LogP contribution >= 0.6 is 0 Å². The van der Waals surface area contributed by atoms with Crippen LogP contribution in [0, 0.1) is 11.8 Å². The molecule has 0 amide bonds. The highest BCUT2D eigenvalue weighted by molar-refractivity contribution is 7.84. The number of carboxylic acid groups (broad SMARTS) is 1. The number of aliphatic carboxylic acids is 1. The van der Waals surface area contributed by atoms with E-state index in [1.54, 1.807) is 6.92 Å². The lowest BCUT2D eigenvalue weighted by Crippen LogP contribution is -2.34. The van der Waals surface area contributed by atoms with Crippen LogP contribution in [-0.4, -0.2) is 57.0 Å². The van der Waals surface area contributed by atoms with Gasteiger partial charge in [-0.05, 0) is 98.9 Å². The zero-order valence-electron chi connectivity index (χ0n) is 29.7. The van der Waals surface area contributed by atoms with E-state index in [4.69, 9.17) is 4.74 Å². The Balaban J connectivity index is 1.80. The summed E-state index contributed by atoms with van der Waals surface area (Å²) in [6.07, 6.45) is -8.46. The maximum Gasteiger partial charge on any atom is 0.416 e. The van der Waals surface area contributed by atoms with Crippen molar-refractivity contribution in [3.63, 3.8) is 0 Å². The van der Waals surface area contributed by atoms with Gasteiger partial charge < -0.3 is 19.6 Å². The second kappa shape index (κ2) is 17.6. The van der Waals surface area contributed by atoms with Crippen molar-refractivity contribution in [3.8, 4) is 5.75 Å². The van der Waals surface area contributed by atoms with Gasteiger partial charge in [-0.25, -0.2) is 9.97 Å². The number of hydrogen-bond acceptors (Lipinski definition) is 7. The lowest BCUT2D eigenvalue weighted by molar-refractivity contribution is -0.143. The first-order chi connectivity index (χ1) is 25.1. The Morgan fingerprint density at radius 2 is 1.44 bits per heavy atom. The number of carboxylic acids is 1. The molecule has 1 aliphatic carbocycles. The summed E-state index contributed by atoms with van der Waals surface area (Å²) in [6.45, 7) is 3.43. The van der Waals surface area contributed by atoms with Crippen LogP contribution in [-0.2, 0) is 40.7 Å². The molecule has 0 bridgehead atoms. The van der Waals surface area contributed by atoms with Crippen LogP contribution in [0.25, 0.3) is 0 Å². The van der Waals surface area contributed by atoms with Gasteiger partial charge in [0.15, 0.2) is 5.75 Å². The number of nitrogens with zero attached hydrogens (tertiary/aromatic N) is 4. The van der Waals surface area contributed by atoms with Gasteiger partial charge in [-0.1, -0.05) is 0 Å². The third-order valence-electron chi connectivity index (χ3n) is 9.45. The maximum absolute atomic E-state index is 14.1. The highest BCUT2D eigenvalue weighted by Crippen LogP contribution is 2.41. The molecule has 0 radical (unpaired) electrons. The first-order valence-corrected chi connectivity index (χ1v) is 18.9. The molecule has 2 aromatic carbocycles. The number of halogens is 9. The molecule has 0 aliphatic heterocycles. The van der Waals surface area contributed by atoms with Gasteiger partial charge in [0, 0.05) is 48.8 Å². The lowest BCUT2D eigenvalue weighted by Gasteiger charge is -2.36. The smallest absolute Gasteiger partial charge is 0.416 e. The van der Waals surface area contributed by atoms with Gasteiger partial charge in [-0.3, -0.25) is 9.00 Å². The number of carbonyl (C=O) groups is 1. The van der Waals surface area contributed by atoms with Crippen molar-refractivity contribution >= 4 is 28.4 Å². The predicted molar refractivity (Wildman–Crippen MR) is 185 cm³/mol. The zero-order valence-corrected chi connectivity index (χ0v) is 30.5. The molecule has 0 saturated heterocycles. The summed E-state index contributed by atoms with van der Waals surface area (Å²) >= 11 is 0. The van der Waals surface area contributed by atoms with E-state index in [2.05, 4.69) is 9.97 Å². The topological polar surface area (TPSA) is 95.9 Å². The average Bonchev–Trinajstić information content (AvgIpc) is 3.08. The van der Waals surface area contributed by atoms with Gasteiger partial charge >= 0.3 is 24.5 Å². The first-order valence-electron chi connectivity index (χ1n) is 17.1. The van der Waals surface area contributed by atoms with Gasteiger partial charge in [0.2, 0.25) is 5.95 Å². The molecular formula is C36H41F9N4O4S. The molecule has 0 unspecified atom stereocenters. The van der Waals surface area contributed by atoms with Crippen molar-refractivity contribution in [3.05, 3.63) is 76.6 Å². The SMILES string of the molecule is CCN(CC1CCC(CC(=O)O)CC1)c1ccc(C(F)(F)F)cc1CN(c1ncc(OCC[S@@](C)=O)cn1)[C@@H](C)c1cc(C(F)(F)F)cc(C(F)(F)F)c1. The van der Waals surface area contributed by atoms with E-state index in [1.807, 2.05) is 4.90 Å². The fourth-order valence-corrected chi connectivity index (χ4v) is 6.86. The largest absolute Gasteiger partial charge is 0.489 e. The molecule has 18 heteroatoms. The Morgan fingerprint density at radius 1 is 0.889 bits per heavy atom. The van der Waals surface area contributed by atoms with Crippen LogP contribution in [0.15, 0.2) is 48.8 Å². The second-order valence-electron chi connectivity index (χ2n) is 13.4. The molecule has 3 aromatic rings. The van der Waals surface area contributed by atoms with Crippen LogP contribution in [0.5, 0.6) is 5.75 Å². The molecule has 4 rings (SSSR count). The molecule has 1 saturated carbocycles. The number of aromatic nitrogens is 2. The molecule has 298 valence electrons. The highest BCUT2D eigenvalue weighted by atomic mass is 32.2. The Labute approximate surface area is 309 Å². The van der Waals surface area contributed by atoms with Crippen molar-refractivity contribution < 1.29 is 58.4 Å². The number of anilines is 2. The number of hydrogen-bond donors (Lipinski definition) is 1. The summed E-state index contributed by atoms with van der Waals surface area (Å²) < 4.78 is 143. The highest BCUT2D eigenvalue weighted by Gasteiger charge is 2.38. The predicted octanol–water partition coefficient (Wildman–Crippen LogP) is 9.17. The summed E-state index contributed by atoms with van der Waals surface area (Å²) in [6, 6.07) is 2.87. The summed E-state index contributed by atoms with van der Waals surface area (Å²) in [5, 5.41) is 9.19. The Morgan fingerprint density at radius 3 is 1.94 bits per heavy atom. The fourth-order valence-electron chi connectivity index (χ4n) is 6.55. The van der Waals surface area contributed by atoms with Gasteiger partial charge in [0.25, 0.3) is 0 Å². The van der Waals surface area contributed by atoms with Gasteiger partial charge in [-0.2, -0.15) is 39.5 Å². The summed E-state index contributed by atoms with van der Waals surface area (Å²) in [7, 11) is -1.18. The van der Waals surface area contributed by atoms with E-state index in [0.29, 0.717) is 56.6 Å². The van der Waals surface area contributed by atoms with Crippen LogP contribution in [0.1, 0.15) is 79.8 Å². The van der Waals surface area contributed by atoms with Crippen molar-refractivity contribution in [2.24, 2.45) is 11.8 Å². The first kappa shape index (κ1) is 42.6. The standard InChI is InChI=1S/C36H41F9N4O4S/c1-4-48(20-24-7-5-23(6-8-24)13-32(50)51)31-10-9-27(34(37,38)39)16-26(31)21-49(33-46-18-30(19-47-33)53-11-12-54(3)52)22(2)25-14-28(35(40,41)42)17-29(15-25)36(43,44)45/h9-10,14-19,22-24H,4-8,11-13,20-21H2,1-3H3,(H,50,51)/t22-,23?,24?,54+/m0/s1. The summed E-state index contributed by atoms with van der Waals surface area (Å²) in [5.74, 6) is -0.702. The summed E-state index contributed by atoms with van der Waals surface area (Å²) in [4.78, 5) is 22.8. The van der Waals surface area contributed by atoms with E-state index < -0.39 is 70.1 Å². The van der Waals surface area contributed by atoms with Gasteiger partial charge in [0.1, 0.15) is 0 Å². The molecule has 1 fully saturated rings. The molecule has 1 N–H and O–H groups in total. The van der Waals surface area contributed by atoms with Gasteiger partial charge in [0.05, 0.1) is 47.5 Å². The third kappa shape index (κ3) is 11.7.